The van der Waals surface area contributed by atoms with Crippen LogP contribution in [0.4, 0.5) is 23.7 Å². The van der Waals surface area contributed by atoms with Gasteiger partial charge in [-0.05, 0) is 67.8 Å². The Labute approximate surface area is 270 Å². The Morgan fingerprint density at radius 2 is 1.72 bits per heavy atom. The maximum absolute atomic E-state index is 13.6. The minimum atomic E-state index is -5.08. The van der Waals surface area contributed by atoms with Gasteiger partial charge in [0.05, 0.1) is 24.6 Å². The molecule has 0 saturated carbocycles. The van der Waals surface area contributed by atoms with E-state index in [1.807, 2.05) is 13.0 Å². The molecule has 3 aromatic rings. The first-order valence-electron chi connectivity index (χ1n) is 13.2. The molecule has 0 aliphatic rings. The second-order valence-corrected chi connectivity index (χ2v) is 13.6. The quantitative estimate of drug-likeness (QED) is 0.0584. The Hall–Kier alpha value is -4.13. The van der Waals surface area contributed by atoms with Crippen molar-refractivity contribution in [3.63, 3.8) is 0 Å². The smallest absolute Gasteiger partial charge is 0.480 e. The highest BCUT2D eigenvalue weighted by Gasteiger charge is 2.38. The van der Waals surface area contributed by atoms with Crippen molar-refractivity contribution in [1.82, 2.24) is 5.32 Å². The van der Waals surface area contributed by atoms with E-state index >= 15 is 0 Å². The van der Waals surface area contributed by atoms with Gasteiger partial charge < -0.3 is 32.3 Å². The van der Waals surface area contributed by atoms with Crippen molar-refractivity contribution in [1.29, 1.82) is 5.41 Å². The van der Waals surface area contributed by atoms with Gasteiger partial charge in [0.15, 0.2) is 0 Å². The number of nitrogens with two attached hydrogens (primary N) is 2. The highest BCUT2D eigenvalue weighted by Crippen LogP contribution is 2.39. The number of nitrogens with one attached hydrogen (secondary N) is 3. The third-order valence-corrected chi connectivity index (χ3v) is 10.5. The molecule has 1 unspecified atom stereocenters. The second-order valence-electron chi connectivity index (χ2n) is 9.53. The maximum Gasteiger partial charge on any atom is 0.490 e. The Morgan fingerprint density at radius 3 is 2.28 bits per heavy atom. The summed E-state index contributed by atoms with van der Waals surface area (Å²) in [5, 5.41) is 29.2. The predicted octanol–water partition coefficient (Wildman–Crippen LogP) is 4.90. The van der Waals surface area contributed by atoms with Crippen LogP contribution in [0.15, 0.2) is 62.5 Å². The minimum absolute atomic E-state index is 0.0847. The van der Waals surface area contributed by atoms with Gasteiger partial charge in [-0.15, -0.1) is 23.1 Å². The molecule has 0 fully saturated rings. The summed E-state index contributed by atoms with van der Waals surface area (Å²) in [5.74, 6) is -4.00. The molecule has 0 spiro atoms. The number of unbranched alkanes of at least 4 members (excludes halogenated alkanes) is 1. The molecule has 1 aromatic heterocycles. The third kappa shape index (κ3) is 10.5. The topological polar surface area (TPSA) is 226 Å². The van der Waals surface area contributed by atoms with Crippen molar-refractivity contribution in [2.24, 2.45) is 11.5 Å². The summed E-state index contributed by atoms with van der Waals surface area (Å²) in [5.41, 5.74) is 13.7. The Kier molecular flexibility index (Phi) is 13.6. The molecule has 46 heavy (non-hydrogen) atoms. The fraction of sp³-hybridized carbons (Fsp3) is 0.286. The first kappa shape index (κ1) is 38.1. The number of aliphatic carboxylic acids is 2. The molecule has 18 heteroatoms. The van der Waals surface area contributed by atoms with Gasteiger partial charge >= 0.3 is 24.1 Å². The lowest BCUT2D eigenvalue weighted by molar-refractivity contribution is -0.192. The van der Waals surface area contributed by atoms with E-state index in [2.05, 4.69) is 10.6 Å². The van der Waals surface area contributed by atoms with Crippen molar-refractivity contribution in [3.8, 4) is 11.1 Å². The van der Waals surface area contributed by atoms with E-state index in [9.17, 15) is 31.2 Å². The van der Waals surface area contributed by atoms with Crippen LogP contribution in [-0.2, 0) is 19.4 Å². The number of amidine groups is 1. The largest absolute Gasteiger partial charge is 0.490 e. The number of carboxylic acids is 2. The van der Waals surface area contributed by atoms with Gasteiger partial charge in [0.2, 0.25) is 9.84 Å². The molecule has 3 rings (SSSR count). The van der Waals surface area contributed by atoms with Crippen LogP contribution in [0.25, 0.3) is 11.1 Å². The molecule has 0 radical (unpaired) electrons. The lowest BCUT2D eigenvalue weighted by Gasteiger charge is -2.16. The van der Waals surface area contributed by atoms with Crippen LogP contribution < -0.4 is 22.1 Å². The van der Waals surface area contributed by atoms with E-state index in [4.69, 9.17) is 31.9 Å². The number of carboxylic acid groups (broad SMARTS) is 2. The minimum Gasteiger partial charge on any atom is -0.480 e. The number of amides is 2. The van der Waals surface area contributed by atoms with Gasteiger partial charge in [-0.3, -0.25) is 10.2 Å². The van der Waals surface area contributed by atoms with Crippen molar-refractivity contribution < 1.29 is 46.2 Å². The number of thioether (sulfide) groups is 1. The van der Waals surface area contributed by atoms with E-state index in [1.165, 1.54) is 23.9 Å². The fourth-order valence-corrected chi connectivity index (χ4v) is 7.80. The summed E-state index contributed by atoms with van der Waals surface area (Å²) in [4.78, 5) is 32.9. The zero-order valence-electron chi connectivity index (χ0n) is 24.5. The average molecular weight is 704 g/mol. The number of hydrogen-bond acceptors (Lipinski definition) is 9. The number of alkyl halides is 3. The number of carbonyl (C=O) groups excluding carboxylic acids is 1. The number of sulfone groups is 1. The number of rotatable bonds is 12. The van der Waals surface area contributed by atoms with Crippen molar-refractivity contribution in [3.05, 3.63) is 59.0 Å². The normalized spacial score (nSPS) is 12.0. The molecule has 12 nitrogen and oxygen atoms in total. The highest BCUT2D eigenvalue weighted by atomic mass is 32.2. The number of nitrogen functional groups attached to an aromatic ring is 1. The summed E-state index contributed by atoms with van der Waals surface area (Å²) in [6.45, 7) is 2.21. The van der Waals surface area contributed by atoms with Gasteiger partial charge in [0.1, 0.15) is 11.9 Å². The summed E-state index contributed by atoms with van der Waals surface area (Å²) in [6, 6.07) is 12.0. The second kappa shape index (κ2) is 16.4. The molecule has 9 N–H and O–H groups in total. The van der Waals surface area contributed by atoms with E-state index in [1.54, 1.807) is 36.6 Å². The fourth-order valence-electron chi connectivity index (χ4n) is 3.90. The van der Waals surface area contributed by atoms with Gasteiger partial charge in [-0.25, -0.2) is 18.0 Å². The number of halogens is 3. The van der Waals surface area contributed by atoms with Gasteiger partial charge in [0.25, 0.3) is 0 Å². The number of anilines is 1. The molecule has 2 aromatic carbocycles. The van der Waals surface area contributed by atoms with Crippen LogP contribution in [0.3, 0.4) is 0 Å². The molecule has 0 aliphatic heterocycles. The monoisotopic (exact) mass is 703 g/mol. The molecule has 2 amide bonds. The maximum atomic E-state index is 13.6. The SMILES string of the molecule is CSc1sc(C(=N)N)cc1S(=O)(=O)c1cccc(-c2c(C)cccc2NC(=O)NCCCCC(N)C(=O)O)c1.O=C(O)C(F)(F)F. The van der Waals surface area contributed by atoms with Crippen LogP contribution in [-0.4, -0.2) is 67.5 Å². The lowest BCUT2D eigenvalue weighted by atomic mass is 9.98. The lowest BCUT2D eigenvalue weighted by Crippen LogP contribution is -2.31. The molecule has 1 heterocycles. The summed E-state index contributed by atoms with van der Waals surface area (Å²) in [7, 11) is -3.91. The molecule has 0 aliphatic carbocycles. The summed E-state index contributed by atoms with van der Waals surface area (Å²) < 4.78 is 59.5. The van der Waals surface area contributed by atoms with E-state index < -0.39 is 40.0 Å². The molecule has 0 bridgehead atoms. The Balaban J connectivity index is 0.000000942. The van der Waals surface area contributed by atoms with Crippen molar-refractivity contribution >= 4 is 62.4 Å². The first-order chi connectivity index (χ1) is 21.4. The van der Waals surface area contributed by atoms with Crippen LogP contribution in [0.5, 0.6) is 0 Å². The first-order valence-corrected chi connectivity index (χ1v) is 16.7. The number of thiophene rings is 1. The number of aryl methyl sites for hydroxylation is 1. The van der Waals surface area contributed by atoms with Crippen LogP contribution >= 0.6 is 23.1 Å². The van der Waals surface area contributed by atoms with Crippen molar-refractivity contribution in [2.45, 2.75) is 52.4 Å². The van der Waals surface area contributed by atoms with E-state index in [0.29, 0.717) is 51.7 Å². The van der Waals surface area contributed by atoms with Crippen LogP contribution in [0.1, 0.15) is 29.7 Å². The Bertz CT molecular complexity index is 1700. The van der Waals surface area contributed by atoms with Crippen LogP contribution in [0.2, 0.25) is 0 Å². The van der Waals surface area contributed by atoms with E-state index in [-0.39, 0.29) is 15.6 Å². The van der Waals surface area contributed by atoms with Gasteiger partial charge in [0, 0.05) is 12.1 Å². The average Bonchev–Trinajstić information content (AvgIpc) is 3.43. The van der Waals surface area contributed by atoms with Crippen molar-refractivity contribution in [2.75, 3.05) is 18.1 Å². The standard InChI is InChI=1S/C26H31N5O5S3.C2HF3O2/c1-15-7-5-11-19(31-26(34)30-12-4-3-10-18(27)24(32)33)22(15)16-8-6-9-17(13-16)39(35,36)21-14-20(23(28)29)38-25(21)37-2;3-2(4,5)1(6)7/h5-9,11,13-14,18H,3-4,10,12,27H2,1-2H3,(H3,28,29)(H,32,33)(H2,30,31,34);(H,6,7). The molecule has 1 atom stereocenters. The zero-order valence-corrected chi connectivity index (χ0v) is 26.9. The zero-order chi connectivity index (χ0) is 34.8. The number of hydrogen-bond donors (Lipinski definition) is 7. The molecule has 250 valence electrons. The summed E-state index contributed by atoms with van der Waals surface area (Å²) in [6.07, 6.45) is -1.87. The number of benzene rings is 2. The number of carbonyl (C=O) groups is 3. The van der Waals surface area contributed by atoms with Crippen LogP contribution in [0, 0.1) is 12.3 Å². The van der Waals surface area contributed by atoms with E-state index in [0.717, 1.165) is 16.9 Å². The molecule has 0 saturated heterocycles. The predicted molar refractivity (Wildman–Crippen MR) is 169 cm³/mol. The Morgan fingerprint density at radius 1 is 1.09 bits per heavy atom. The third-order valence-electron chi connectivity index (χ3n) is 6.15. The molecular formula is C28H32F3N5O7S3. The summed E-state index contributed by atoms with van der Waals surface area (Å²) >= 11 is 2.44. The highest BCUT2D eigenvalue weighted by molar-refractivity contribution is 8.01. The number of urea groups is 1. The molecular weight excluding hydrogens is 672 g/mol. The van der Waals surface area contributed by atoms with Gasteiger partial charge in [-0.1, -0.05) is 24.3 Å². The van der Waals surface area contributed by atoms with Gasteiger partial charge in [-0.2, -0.15) is 13.2 Å².